The van der Waals surface area contributed by atoms with E-state index in [4.69, 9.17) is 11.6 Å². The van der Waals surface area contributed by atoms with Crippen molar-refractivity contribution in [2.75, 3.05) is 26.2 Å². The number of para-hydroxylation sites is 1. The Balaban J connectivity index is 1.32. The number of hydrogen-bond donors (Lipinski definition) is 0. The van der Waals surface area contributed by atoms with Gasteiger partial charge in [0.1, 0.15) is 10.7 Å². The molecule has 4 aromatic rings. The van der Waals surface area contributed by atoms with Gasteiger partial charge in [0, 0.05) is 50.0 Å². The molecule has 4 heterocycles. The molecule has 0 atom stereocenters. The maximum Gasteiger partial charge on any atom is 0.274 e. The van der Waals surface area contributed by atoms with Crippen molar-refractivity contribution in [1.29, 1.82) is 0 Å². The van der Waals surface area contributed by atoms with Crippen LogP contribution in [0.25, 0.3) is 20.9 Å². The molecule has 3 aromatic heterocycles. The second kappa shape index (κ2) is 8.39. The summed E-state index contributed by atoms with van der Waals surface area (Å²) in [5.41, 5.74) is 1.83. The summed E-state index contributed by atoms with van der Waals surface area (Å²) < 4.78 is 1.88. The molecule has 0 N–H and O–H groups in total. The van der Waals surface area contributed by atoms with Gasteiger partial charge in [-0.3, -0.25) is 9.69 Å². The van der Waals surface area contributed by atoms with Gasteiger partial charge >= 0.3 is 0 Å². The lowest BCUT2D eigenvalue weighted by molar-refractivity contribution is 0.0624. The number of thiazole rings is 1. The number of benzene rings is 1. The van der Waals surface area contributed by atoms with Crippen LogP contribution in [0.4, 0.5) is 0 Å². The number of fused-ring (bicyclic) bond motifs is 1. The minimum atomic E-state index is -0.0869. The Morgan fingerprint density at radius 2 is 1.80 bits per heavy atom. The van der Waals surface area contributed by atoms with Gasteiger partial charge in [0.25, 0.3) is 5.91 Å². The van der Waals surface area contributed by atoms with Gasteiger partial charge in [0.05, 0.1) is 14.6 Å². The molecule has 6 nitrogen and oxygen atoms in total. The first kappa shape index (κ1) is 19.6. The van der Waals surface area contributed by atoms with Crippen LogP contribution in [0.1, 0.15) is 15.4 Å². The van der Waals surface area contributed by atoms with E-state index >= 15 is 0 Å². The molecule has 9 heteroatoms. The van der Waals surface area contributed by atoms with Crippen LogP contribution < -0.4 is 0 Å². The lowest BCUT2D eigenvalue weighted by Crippen LogP contribution is -2.48. The van der Waals surface area contributed by atoms with E-state index in [9.17, 15) is 4.79 Å². The predicted octanol–water partition coefficient (Wildman–Crippen LogP) is 4.43. The third kappa shape index (κ3) is 3.96. The van der Waals surface area contributed by atoms with Crippen LogP contribution in [-0.2, 0) is 6.54 Å². The summed E-state index contributed by atoms with van der Waals surface area (Å²) in [6, 6.07) is 11.9. The van der Waals surface area contributed by atoms with Crippen molar-refractivity contribution in [3.8, 4) is 10.7 Å². The lowest BCUT2D eigenvalue weighted by atomic mass is 10.2. The SMILES string of the molecule is O=C(c1nccnc1-c1nc2ccccc2s1)N1CCN(Cc2ccc(Cl)s2)CC1. The highest BCUT2D eigenvalue weighted by Crippen LogP contribution is 2.30. The molecule has 5 rings (SSSR count). The summed E-state index contributed by atoms with van der Waals surface area (Å²) >= 11 is 9.17. The quantitative estimate of drug-likeness (QED) is 0.455. The van der Waals surface area contributed by atoms with E-state index in [0.717, 1.165) is 39.2 Å². The topological polar surface area (TPSA) is 62.2 Å². The van der Waals surface area contributed by atoms with Gasteiger partial charge in [0.2, 0.25) is 0 Å². The molecule has 0 saturated carbocycles. The van der Waals surface area contributed by atoms with Crippen molar-refractivity contribution in [3.05, 3.63) is 63.7 Å². The molecule has 1 aromatic carbocycles. The first-order valence-corrected chi connectivity index (χ1v) is 11.6. The molecule has 1 fully saturated rings. The molecule has 0 radical (unpaired) electrons. The van der Waals surface area contributed by atoms with Crippen LogP contribution in [-0.4, -0.2) is 56.8 Å². The molecule has 30 heavy (non-hydrogen) atoms. The third-order valence-corrected chi connectivity index (χ3v) is 7.32. The number of nitrogens with zero attached hydrogens (tertiary/aromatic N) is 5. The third-order valence-electron chi connectivity index (χ3n) is 5.07. The van der Waals surface area contributed by atoms with Gasteiger partial charge in [-0.25, -0.2) is 15.0 Å². The van der Waals surface area contributed by atoms with Crippen LogP contribution in [0.5, 0.6) is 0 Å². The minimum absolute atomic E-state index is 0.0869. The van der Waals surface area contributed by atoms with Crippen molar-refractivity contribution in [2.45, 2.75) is 6.54 Å². The zero-order chi connectivity index (χ0) is 20.5. The Bertz CT molecular complexity index is 1170. The summed E-state index contributed by atoms with van der Waals surface area (Å²) in [4.78, 5) is 32.2. The number of halogens is 1. The molecular formula is C21H18ClN5OS2. The van der Waals surface area contributed by atoms with E-state index in [-0.39, 0.29) is 5.91 Å². The van der Waals surface area contributed by atoms with Crippen molar-refractivity contribution >= 4 is 50.4 Å². The second-order valence-corrected chi connectivity index (χ2v) is 9.84. The van der Waals surface area contributed by atoms with Crippen LogP contribution in [0, 0.1) is 0 Å². The van der Waals surface area contributed by atoms with Crippen LogP contribution >= 0.6 is 34.3 Å². The van der Waals surface area contributed by atoms with Crippen LogP contribution in [0.2, 0.25) is 4.34 Å². The fraction of sp³-hybridized carbons (Fsp3) is 0.238. The second-order valence-electron chi connectivity index (χ2n) is 7.01. The Hall–Kier alpha value is -2.39. The van der Waals surface area contributed by atoms with E-state index < -0.39 is 0 Å². The molecule has 0 aliphatic carbocycles. The summed E-state index contributed by atoms with van der Waals surface area (Å²) in [6.45, 7) is 3.82. The van der Waals surface area contributed by atoms with E-state index in [1.165, 1.54) is 16.2 Å². The maximum absolute atomic E-state index is 13.2. The number of carbonyl (C=O) groups excluding carboxylic acids is 1. The molecule has 152 valence electrons. The Morgan fingerprint density at radius 3 is 2.57 bits per heavy atom. The first-order chi connectivity index (χ1) is 14.7. The van der Waals surface area contributed by atoms with Crippen molar-refractivity contribution in [3.63, 3.8) is 0 Å². The highest BCUT2D eigenvalue weighted by Gasteiger charge is 2.27. The van der Waals surface area contributed by atoms with Crippen molar-refractivity contribution in [1.82, 2.24) is 24.8 Å². The molecule has 0 unspecified atom stereocenters. The number of hydrogen-bond acceptors (Lipinski definition) is 7. The molecule has 1 saturated heterocycles. The van der Waals surface area contributed by atoms with Crippen molar-refractivity contribution in [2.24, 2.45) is 0 Å². The maximum atomic E-state index is 13.2. The molecule has 0 bridgehead atoms. The van der Waals surface area contributed by atoms with Gasteiger partial charge in [-0.05, 0) is 24.3 Å². The van der Waals surface area contributed by atoms with E-state index in [1.54, 1.807) is 23.7 Å². The molecule has 1 aliphatic rings. The smallest absolute Gasteiger partial charge is 0.274 e. The van der Waals surface area contributed by atoms with Gasteiger partial charge in [-0.1, -0.05) is 23.7 Å². The number of amides is 1. The highest BCUT2D eigenvalue weighted by molar-refractivity contribution is 7.21. The van der Waals surface area contributed by atoms with Crippen molar-refractivity contribution < 1.29 is 4.79 Å². The van der Waals surface area contributed by atoms with Crippen LogP contribution in [0.15, 0.2) is 48.8 Å². The van der Waals surface area contributed by atoms with Gasteiger partial charge in [0.15, 0.2) is 5.69 Å². The zero-order valence-electron chi connectivity index (χ0n) is 16.0. The number of rotatable bonds is 4. The molecule has 1 amide bonds. The number of carbonyl (C=O) groups is 1. The fourth-order valence-corrected chi connectivity index (χ4v) is 5.63. The van der Waals surface area contributed by atoms with E-state index in [0.29, 0.717) is 24.5 Å². The van der Waals surface area contributed by atoms with Gasteiger partial charge in [-0.2, -0.15) is 0 Å². The summed E-state index contributed by atoms with van der Waals surface area (Å²) in [7, 11) is 0. The summed E-state index contributed by atoms with van der Waals surface area (Å²) in [5.74, 6) is -0.0869. The Kier molecular flexibility index (Phi) is 5.47. The fourth-order valence-electron chi connectivity index (χ4n) is 3.54. The zero-order valence-corrected chi connectivity index (χ0v) is 18.4. The largest absolute Gasteiger partial charge is 0.335 e. The molecular weight excluding hydrogens is 438 g/mol. The number of aromatic nitrogens is 3. The summed E-state index contributed by atoms with van der Waals surface area (Å²) in [6.07, 6.45) is 3.18. The average Bonchev–Trinajstić information content (AvgIpc) is 3.39. The predicted molar refractivity (Wildman–Crippen MR) is 121 cm³/mol. The standard InChI is InChI=1S/C21H18ClN5OS2/c22-17-6-5-14(29-17)13-26-9-11-27(12-10-26)21(28)19-18(23-7-8-24-19)20-25-15-3-1-2-4-16(15)30-20/h1-8H,9-13H2. The Morgan fingerprint density at radius 1 is 1.00 bits per heavy atom. The van der Waals surface area contributed by atoms with Crippen LogP contribution in [0.3, 0.4) is 0 Å². The average molecular weight is 456 g/mol. The monoisotopic (exact) mass is 455 g/mol. The number of thiophene rings is 1. The van der Waals surface area contributed by atoms with Gasteiger partial charge in [-0.15, -0.1) is 22.7 Å². The highest BCUT2D eigenvalue weighted by atomic mass is 35.5. The van der Waals surface area contributed by atoms with Gasteiger partial charge < -0.3 is 4.90 Å². The minimum Gasteiger partial charge on any atom is -0.335 e. The number of piperazine rings is 1. The summed E-state index contributed by atoms with van der Waals surface area (Å²) in [5, 5.41) is 0.723. The van der Waals surface area contributed by atoms with E-state index in [1.807, 2.05) is 35.2 Å². The first-order valence-electron chi connectivity index (χ1n) is 9.60. The normalized spacial score (nSPS) is 15.0. The Labute approximate surface area is 186 Å². The molecule has 1 aliphatic heterocycles. The molecule has 0 spiro atoms. The van der Waals surface area contributed by atoms with E-state index in [2.05, 4.69) is 25.9 Å². The lowest BCUT2D eigenvalue weighted by Gasteiger charge is -2.34.